The SMILES string of the molecule is O=C(Cl)C1(c2ccc(F)cc2)CCC1. The Kier molecular flexibility index (Phi) is 2.31. The van der Waals surface area contributed by atoms with Crippen LogP contribution in [-0.4, -0.2) is 5.24 Å². The van der Waals surface area contributed by atoms with Crippen LogP contribution in [0, 0.1) is 5.82 Å². The molecule has 1 aromatic rings. The highest BCUT2D eigenvalue weighted by molar-refractivity contribution is 6.65. The molecule has 2 rings (SSSR count). The zero-order valence-electron chi connectivity index (χ0n) is 7.59. The molecule has 3 heteroatoms. The summed E-state index contributed by atoms with van der Waals surface area (Å²) in [6.07, 6.45) is 2.57. The van der Waals surface area contributed by atoms with E-state index in [2.05, 4.69) is 0 Å². The molecular weight excluding hydrogens is 203 g/mol. The fraction of sp³-hybridized carbons (Fsp3) is 0.364. The fourth-order valence-electron chi connectivity index (χ4n) is 1.90. The number of rotatable bonds is 2. The molecule has 1 nitrogen and oxygen atoms in total. The highest BCUT2D eigenvalue weighted by atomic mass is 35.5. The van der Waals surface area contributed by atoms with Crippen LogP contribution in [0.5, 0.6) is 0 Å². The molecule has 0 radical (unpaired) electrons. The quantitative estimate of drug-likeness (QED) is 0.689. The van der Waals surface area contributed by atoms with E-state index in [9.17, 15) is 9.18 Å². The van der Waals surface area contributed by atoms with Crippen molar-refractivity contribution in [2.45, 2.75) is 24.7 Å². The average molecular weight is 213 g/mol. The van der Waals surface area contributed by atoms with Gasteiger partial charge >= 0.3 is 0 Å². The summed E-state index contributed by atoms with van der Waals surface area (Å²) in [5.41, 5.74) is 0.306. The Hall–Kier alpha value is -0.890. The lowest BCUT2D eigenvalue weighted by Gasteiger charge is -2.38. The molecule has 1 aliphatic rings. The van der Waals surface area contributed by atoms with Gasteiger partial charge in [-0.2, -0.15) is 0 Å². The van der Waals surface area contributed by atoms with Crippen LogP contribution >= 0.6 is 11.6 Å². The van der Waals surface area contributed by atoms with E-state index in [0.29, 0.717) is 0 Å². The molecular formula is C11H10ClFO. The van der Waals surface area contributed by atoms with Gasteiger partial charge in [-0.25, -0.2) is 4.39 Å². The molecule has 1 aliphatic carbocycles. The van der Waals surface area contributed by atoms with Crippen LogP contribution in [0.4, 0.5) is 4.39 Å². The second-order valence-electron chi connectivity index (χ2n) is 3.72. The van der Waals surface area contributed by atoms with E-state index >= 15 is 0 Å². The molecule has 74 valence electrons. The van der Waals surface area contributed by atoms with Gasteiger partial charge < -0.3 is 0 Å². The molecule has 1 fully saturated rings. The maximum absolute atomic E-state index is 12.7. The van der Waals surface area contributed by atoms with E-state index in [-0.39, 0.29) is 11.1 Å². The Morgan fingerprint density at radius 1 is 1.29 bits per heavy atom. The molecule has 0 saturated heterocycles. The van der Waals surface area contributed by atoms with Crippen molar-refractivity contribution in [2.24, 2.45) is 0 Å². The average Bonchev–Trinajstić information content (AvgIpc) is 2.05. The van der Waals surface area contributed by atoms with Crippen LogP contribution in [0.15, 0.2) is 24.3 Å². The number of carbonyl (C=O) groups is 1. The summed E-state index contributed by atoms with van der Waals surface area (Å²) in [5, 5.41) is -0.324. The molecule has 0 N–H and O–H groups in total. The van der Waals surface area contributed by atoms with Crippen molar-refractivity contribution >= 4 is 16.8 Å². The Bertz CT molecular complexity index is 354. The lowest BCUT2D eigenvalue weighted by Crippen LogP contribution is -2.39. The first-order chi connectivity index (χ1) is 6.65. The normalized spacial score (nSPS) is 18.7. The zero-order chi connectivity index (χ0) is 10.2. The van der Waals surface area contributed by atoms with Gasteiger partial charge in [0.25, 0.3) is 0 Å². The molecule has 0 unspecified atom stereocenters. The van der Waals surface area contributed by atoms with Crippen LogP contribution in [-0.2, 0) is 10.2 Å². The van der Waals surface area contributed by atoms with Crippen LogP contribution in [0.1, 0.15) is 24.8 Å². The Labute approximate surface area is 86.9 Å². The molecule has 0 amide bonds. The molecule has 0 atom stereocenters. The number of hydrogen-bond donors (Lipinski definition) is 0. The second kappa shape index (κ2) is 3.35. The minimum atomic E-state index is -0.532. The van der Waals surface area contributed by atoms with Gasteiger partial charge in [0.15, 0.2) is 0 Å². The van der Waals surface area contributed by atoms with Crippen molar-refractivity contribution in [1.82, 2.24) is 0 Å². The van der Waals surface area contributed by atoms with E-state index in [0.717, 1.165) is 24.8 Å². The summed E-state index contributed by atoms with van der Waals surface area (Å²) in [4.78, 5) is 11.3. The van der Waals surface area contributed by atoms with E-state index in [1.54, 1.807) is 12.1 Å². The summed E-state index contributed by atoms with van der Waals surface area (Å²) in [6, 6.07) is 6.04. The van der Waals surface area contributed by atoms with Crippen molar-refractivity contribution in [2.75, 3.05) is 0 Å². The third-order valence-corrected chi connectivity index (χ3v) is 3.34. The molecule has 1 saturated carbocycles. The smallest absolute Gasteiger partial charge is 0.232 e. The molecule has 1 aromatic carbocycles. The number of benzene rings is 1. The van der Waals surface area contributed by atoms with Gasteiger partial charge in [-0.05, 0) is 42.1 Å². The summed E-state index contributed by atoms with van der Waals surface area (Å²) < 4.78 is 12.7. The highest BCUT2D eigenvalue weighted by Crippen LogP contribution is 2.45. The van der Waals surface area contributed by atoms with Gasteiger partial charge in [-0.3, -0.25) is 4.79 Å². The van der Waals surface area contributed by atoms with Crippen molar-refractivity contribution in [3.8, 4) is 0 Å². The van der Waals surface area contributed by atoms with E-state index in [1.165, 1.54) is 12.1 Å². The van der Waals surface area contributed by atoms with E-state index in [4.69, 9.17) is 11.6 Å². The second-order valence-corrected chi connectivity index (χ2v) is 4.06. The molecule has 0 heterocycles. The van der Waals surface area contributed by atoms with Crippen LogP contribution in [0.25, 0.3) is 0 Å². The maximum atomic E-state index is 12.7. The topological polar surface area (TPSA) is 17.1 Å². The van der Waals surface area contributed by atoms with Gasteiger partial charge in [0.2, 0.25) is 5.24 Å². The van der Waals surface area contributed by atoms with E-state index in [1.807, 2.05) is 0 Å². The maximum Gasteiger partial charge on any atom is 0.232 e. The predicted octanol–water partition coefficient (Wildman–Crippen LogP) is 3.01. The Balaban J connectivity index is 2.37. The largest absolute Gasteiger partial charge is 0.280 e. The predicted molar refractivity (Wildman–Crippen MR) is 52.8 cm³/mol. The highest BCUT2D eigenvalue weighted by Gasteiger charge is 2.44. The first-order valence-electron chi connectivity index (χ1n) is 4.61. The fourth-order valence-corrected chi connectivity index (χ4v) is 2.20. The third-order valence-electron chi connectivity index (χ3n) is 2.98. The first-order valence-corrected chi connectivity index (χ1v) is 4.99. The molecule has 0 bridgehead atoms. The summed E-state index contributed by atoms with van der Waals surface area (Å²) in [6.45, 7) is 0. The lowest BCUT2D eigenvalue weighted by atomic mass is 9.65. The molecule has 0 aliphatic heterocycles. The van der Waals surface area contributed by atoms with Gasteiger partial charge in [0, 0.05) is 0 Å². The van der Waals surface area contributed by atoms with Gasteiger partial charge in [-0.15, -0.1) is 0 Å². The number of halogens is 2. The van der Waals surface area contributed by atoms with E-state index < -0.39 is 5.41 Å². The van der Waals surface area contributed by atoms with Crippen molar-refractivity contribution in [1.29, 1.82) is 0 Å². The third kappa shape index (κ3) is 1.34. The van der Waals surface area contributed by atoms with Gasteiger partial charge in [-0.1, -0.05) is 18.6 Å². The monoisotopic (exact) mass is 212 g/mol. The van der Waals surface area contributed by atoms with Crippen molar-refractivity contribution in [3.63, 3.8) is 0 Å². The summed E-state index contributed by atoms with van der Waals surface area (Å²) in [5.74, 6) is -0.287. The van der Waals surface area contributed by atoms with Gasteiger partial charge in [0.05, 0.1) is 5.41 Å². The molecule has 0 spiro atoms. The Morgan fingerprint density at radius 3 is 2.21 bits per heavy atom. The summed E-state index contributed by atoms with van der Waals surface area (Å²) in [7, 11) is 0. The minimum absolute atomic E-state index is 0.287. The molecule has 0 aromatic heterocycles. The first kappa shape index (κ1) is 9.66. The standard InChI is InChI=1S/C11H10ClFO/c12-10(14)11(6-1-7-11)8-2-4-9(13)5-3-8/h2-5H,1,6-7H2. The van der Waals surface area contributed by atoms with Crippen LogP contribution in [0.3, 0.4) is 0 Å². The zero-order valence-corrected chi connectivity index (χ0v) is 8.35. The number of hydrogen-bond acceptors (Lipinski definition) is 1. The summed E-state index contributed by atoms with van der Waals surface area (Å²) >= 11 is 5.58. The molecule has 14 heavy (non-hydrogen) atoms. The van der Waals surface area contributed by atoms with Crippen LogP contribution < -0.4 is 0 Å². The van der Waals surface area contributed by atoms with Gasteiger partial charge in [0.1, 0.15) is 5.82 Å². The van der Waals surface area contributed by atoms with Crippen LogP contribution in [0.2, 0.25) is 0 Å². The van der Waals surface area contributed by atoms with Crippen molar-refractivity contribution < 1.29 is 9.18 Å². The lowest BCUT2D eigenvalue weighted by molar-refractivity contribution is -0.119. The van der Waals surface area contributed by atoms with Crippen molar-refractivity contribution in [3.05, 3.63) is 35.6 Å². The Morgan fingerprint density at radius 2 is 1.86 bits per heavy atom. The number of carbonyl (C=O) groups excluding carboxylic acids is 1. The minimum Gasteiger partial charge on any atom is -0.280 e.